The van der Waals surface area contributed by atoms with Crippen molar-refractivity contribution in [3.05, 3.63) is 11.7 Å². The molecule has 4 heteroatoms. The van der Waals surface area contributed by atoms with E-state index in [-0.39, 0.29) is 0 Å². The lowest BCUT2D eigenvalue weighted by Gasteiger charge is -2.27. The molecule has 1 aromatic rings. The Hall–Kier alpha value is -0.900. The summed E-state index contributed by atoms with van der Waals surface area (Å²) < 4.78 is 5.49. The summed E-state index contributed by atoms with van der Waals surface area (Å²) in [4.78, 5) is 4.66. The molecule has 2 aliphatic rings. The van der Waals surface area contributed by atoms with Gasteiger partial charge in [-0.1, -0.05) is 37.8 Å². The molecule has 3 rings (SSSR count). The summed E-state index contributed by atoms with van der Waals surface area (Å²) in [6, 6.07) is 0.314. The summed E-state index contributed by atoms with van der Waals surface area (Å²) >= 11 is 0. The fraction of sp³-hybridized carbons (Fsp3) is 0.875. The average molecular weight is 277 g/mol. The highest BCUT2D eigenvalue weighted by atomic mass is 16.5. The number of aromatic nitrogens is 2. The molecule has 1 heterocycles. The van der Waals surface area contributed by atoms with Gasteiger partial charge in [-0.05, 0) is 37.5 Å². The zero-order valence-electron chi connectivity index (χ0n) is 12.6. The Bertz CT molecular complexity index is 431. The van der Waals surface area contributed by atoms with Crippen molar-refractivity contribution in [1.29, 1.82) is 0 Å². The van der Waals surface area contributed by atoms with Crippen LogP contribution in [0.15, 0.2) is 4.52 Å². The largest absolute Gasteiger partial charge is 0.339 e. The van der Waals surface area contributed by atoms with Crippen LogP contribution in [0.2, 0.25) is 0 Å². The van der Waals surface area contributed by atoms with Gasteiger partial charge < -0.3 is 10.3 Å². The van der Waals surface area contributed by atoms with Crippen LogP contribution in [0.25, 0.3) is 0 Å². The second-order valence-corrected chi connectivity index (χ2v) is 6.93. The highest BCUT2D eigenvalue weighted by Gasteiger charge is 2.27. The van der Waals surface area contributed by atoms with Crippen molar-refractivity contribution >= 4 is 0 Å². The highest BCUT2D eigenvalue weighted by Crippen LogP contribution is 2.35. The van der Waals surface area contributed by atoms with Crippen LogP contribution >= 0.6 is 0 Å². The van der Waals surface area contributed by atoms with Gasteiger partial charge in [0.15, 0.2) is 5.82 Å². The van der Waals surface area contributed by atoms with Crippen molar-refractivity contribution in [2.75, 3.05) is 0 Å². The van der Waals surface area contributed by atoms with E-state index >= 15 is 0 Å². The van der Waals surface area contributed by atoms with Crippen LogP contribution in [0.5, 0.6) is 0 Å². The van der Waals surface area contributed by atoms with Crippen LogP contribution in [0.4, 0.5) is 0 Å². The lowest BCUT2D eigenvalue weighted by molar-refractivity contribution is 0.271. The minimum Gasteiger partial charge on any atom is -0.339 e. The first-order valence-electron chi connectivity index (χ1n) is 8.30. The van der Waals surface area contributed by atoms with E-state index in [1.165, 1.54) is 44.9 Å². The predicted octanol–water partition coefficient (Wildman–Crippen LogP) is 3.42. The van der Waals surface area contributed by atoms with Gasteiger partial charge in [0.1, 0.15) is 0 Å². The average Bonchev–Trinajstić information content (AvgIpc) is 2.90. The van der Waals surface area contributed by atoms with Crippen LogP contribution in [-0.4, -0.2) is 16.2 Å². The summed E-state index contributed by atoms with van der Waals surface area (Å²) in [6.07, 6.45) is 10.9. The first kappa shape index (κ1) is 14.1. The van der Waals surface area contributed by atoms with Gasteiger partial charge in [-0.15, -0.1) is 0 Å². The Balaban J connectivity index is 1.61. The smallest absolute Gasteiger partial charge is 0.226 e. The minimum absolute atomic E-state index is 0.314. The fourth-order valence-corrected chi connectivity index (χ4v) is 3.90. The van der Waals surface area contributed by atoms with Crippen molar-refractivity contribution in [3.63, 3.8) is 0 Å². The van der Waals surface area contributed by atoms with Gasteiger partial charge >= 0.3 is 0 Å². The summed E-state index contributed by atoms with van der Waals surface area (Å²) in [6.45, 7) is 2.33. The van der Waals surface area contributed by atoms with E-state index in [2.05, 4.69) is 17.1 Å². The maximum Gasteiger partial charge on any atom is 0.226 e. The molecule has 0 bridgehead atoms. The van der Waals surface area contributed by atoms with E-state index in [4.69, 9.17) is 10.3 Å². The quantitative estimate of drug-likeness (QED) is 0.919. The van der Waals surface area contributed by atoms with Crippen molar-refractivity contribution < 1.29 is 4.52 Å². The summed E-state index contributed by atoms with van der Waals surface area (Å²) in [7, 11) is 0. The topological polar surface area (TPSA) is 64.9 Å². The Morgan fingerprint density at radius 1 is 1.15 bits per heavy atom. The van der Waals surface area contributed by atoms with Crippen molar-refractivity contribution in [2.45, 2.75) is 76.7 Å². The zero-order valence-corrected chi connectivity index (χ0v) is 12.6. The number of nitrogens with two attached hydrogens (primary N) is 1. The minimum atomic E-state index is 0.314. The third-order valence-electron chi connectivity index (χ3n) is 5.19. The zero-order chi connectivity index (χ0) is 13.9. The second kappa shape index (κ2) is 6.25. The van der Waals surface area contributed by atoms with Crippen LogP contribution in [0, 0.1) is 11.8 Å². The third kappa shape index (κ3) is 3.22. The number of hydrogen-bond donors (Lipinski definition) is 1. The monoisotopic (exact) mass is 277 g/mol. The predicted molar refractivity (Wildman–Crippen MR) is 78.3 cm³/mol. The summed E-state index contributed by atoms with van der Waals surface area (Å²) in [5.41, 5.74) is 6.20. The van der Waals surface area contributed by atoms with E-state index in [1.807, 2.05) is 0 Å². The molecule has 20 heavy (non-hydrogen) atoms. The van der Waals surface area contributed by atoms with E-state index in [1.54, 1.807) is 0 Å². The van der Waals surface area contributed by atoms with Gasteiger partial charge in [0.2, 0.25) is 5.89 Å². The first-order chi connectivity index (χ1) is 9.72. The molecule has 4 atom stereocenters. The molecule has 2 fully saturated rings. The standard InChI is InChI=1S/C16H27N3O/c1-11-5-4-7-13(9-11)16-18-15(20-19-16)10-12-6-2-3-8-14(12)17/h11-14H,2-10,17H2,1H3. The summed E-state index contributed by atoms with van der Waals surface area (Å²) in [5.74, 6) is 3.58. The third-order valence-corrected chi connectivity index (χ3v) is 5.19. The Labute approximate surface area is 121 Å². The molecule has 112 valence electrons. The molecule has 4 unspecified atom stereocenters. The van der Waals surface area contributed by atoms with Gasteiger partial charge in [0.25, 0.3) is 0 Å². The van der Waals surface area contributed by atoms with Crippen LogP contribution in [0.1, 0.15) is 75.9 Å². The first-order valence-corrected chi connectivity index (χ1v) is 8.30. The SMILES string of the molecule is CC1CCCC(c2noc(CC3CCCCC3N)n2)C1. The van der Waals surface area contributed by atoms with Crippen LogP contribution in [0.3, 0.4) is 0 Å². The number of nitrogens with zero attached hydrogens (tertiary/aromatic N) is 2. The van der Waals surface area contributed by atoms with Crippen molar-refractivity contribution in [3.8, 4) is 0 Å². The van der Waals surface area contributed by atoms with Crippen LogP contribution < -0.4 is 5.73 Å². The molecule has 2 saturated carbocycles. The molecular weight excluding hydrogens is 250 g/mol. The van der Waals surface area contributed by atoms with Crippen molar-refractivity contribution in [2.24, 2.45) is 17.6 Å². The second-order valence-electron chi connectivity index (χ2n) is 6.93. The van der Waals surface area contributed by atoms with Gasteiger partial charge in [-0.25, -0.2) is 0 Å². The van der Waals surface area contributed by atoms with Crippen LogP contribution in [-0.2, 0) is 6.42 Å². The molecule has 2 aliphatic carbocycles. The molecule has 0 saturated heterocycles. The Kier molecular flexibility index (Phi) is 4.39. The molecule has 4 nitrogen and oxygen atoms in total. The van der Waals surface area contributed by atoms with Gasteiger partial charge in [-0.3, -0.25) is 0 Å². The summed E-state index contributed by atoms with van der Waals surface area (Å²) in [5, 5.41) is 4.24. The molecule has 0 amide bonds. The molecule has 0 spiro atoms. The molecule has 0 aliphatic heterocycles. The molecule has 0 aromatic carbocycles. The molecule has 1 aromatic heterocycles. The van der Waals surface area contributed by atoms with Crippen molar-refractivity contribution in [1.82, 2.24) is 10.1 Å². The van der Waals surface area contributed by atoms with E-state index in [9.17, 15) is 0 Å². The highest BCUT2D eigenvalue weighted by molar-refractivity contribution is 4.99. The molecular formula is C16H27N3O. The Morgan fingerprint density at radius 3 is 2.80 bits per heavy atom. The normalized spacial score (nSPS) is 35.1. The molecule has 0 radical (unpaired) electrons. The molecule has 2 N–H and O–H groups in total. The lowest BCUT2D eigenvalue weighted by atomic mass is 9.82. The van der Waals surface area contributed by atoms with Gasteiger partial charge in [0, 0.05) is 18.4 Å². The van der Waals surface area contributed by atoms with Gasteiger partial charge in [-0.2, -0.15) is 4.98 Å². The van der Waals surface area contributed by atoms with E-state index in [0.717, 1.165) is 30.5 Å². The number of hydrogen-bond acceptors (Lipinski definition) is 4. The van der Waals surface area contributed by atoms with Gasteiger partial charge in [0.05, 0.1) is 0 Å². The van der Waals surface area contributed by atoms with E-state index in [0.29, 0.717) is 17.9 Å². The maximum atomic E-state index is 6.20. The maximum absolute atomic E-state index is 6.20. The number of rotatable bonds is 3. The Morgan fingerprint density at radius 2 is 2.00 bits per heavy atom. The lowest BCUT2D eigenvalue weighted by Crippen LogP contribution is -2.34. The fourth-order valence-electron chi connectivity index (χ4n) is 3.90. The van der Waals surface area contributed by atoms with E-state index < -0.39 is 0 Å².